The number of piperidine rings is 1. The normalized spacial score (nSPS) is 26.2. The van der Waals surface area contributed by atoms with E-state index in [1.807, 2.05) is 12.1 Å². The number of carbonyl (C=O) groups is 3. The first kappa shape index (κ1) is 27.0. The second-order valence-corrected chi connectivity index (χ2v) is 12.1. The number of fused-ring (bicyclic) bond motifs is 2. The van der Waals surface area contributed by atoms with Crippen LogP contribution in [0.15, 0.2) is 48.5 Å². The van der Waals surface area contributed by atoms with Crippen LogP contribution in [0.3, 0.4) is 0 Å². The molecule has 4 atom stereocenters. The number of rotatable bonds is 7. The van der Waals surface area contributed by atoms with Crippen molar-refractivity contribution in [1.29, 1.82) is 0 Å². The molecule has 3 aliphatic heterocycles. The van der Waals surface area contributed by atoms with E-state index in [0.29, 0.717) is 30.6 Å². The smallest absolute Gasteiger partial charge is 0.255 e. The van der Waals surface area contributed by atoms with Gasteiger partial charge >= 0.3 is 0 Å². The topological polar surface area (TPSA) is 101 Å². The summed E-state index contributed by atoms with van der Waals surface area (Å²) in [5.74, 6) is 0.375. The standard InChI is InChI=1S/C33H36N4O5/c1-41-24-5-3-22(15-24)29-9-4-21-14-20(2-8-28(21)34-29)17-36-13-12-26(19-36)42-25-6-7-27-23(16-25)18-37(33(27)40)30-10-11-31(38)35-32(30)39/h2,4,6-9,14,16,22,24,26,30H,3,5,10-13,15,17-19H2,1H3,(H,35,38,39)/t22-,24-,26?,30?/m0/s1. The number of aromatic nitrogens is 1. The first-order chi connectivity index (χ1) is 20.4. The minimum absolute atomic E-state index is 0.0680. The Kier molecular flexibility index (Phi) is 7.15. The Bertz CT molecular complexity index is 1560. The maximum Gasteiger partial charge on any atom is 0.255 e. The summed E-state index contributed by atoms with van der Waals surface area (Å²) in [7, 11) is 1.80. The van der Waals surface area contributed by atoms with Crippen LogP contribution in [0, 0.1) is 0 Å². The SMILES string of the molecule is CO[C@H]1CC[C@H](c2ccc3cc(CN4CCC(Oc5ccc6c(c5)CN(C5CCC(=O)NC5=O)C6=O)C4)ccc3n2)C1. The summed E-state index contributed by atoms with van der Waals surface area (Å²) in [6.07, 6.45) is 5.25. The number of nitrogens with one attached hydrogen (secondary N) is 1. The number of pyridine rings is 1. The van der Waals surface area contributed by atoms with Crippen LogP contribution in [-0.2, 0) is 27.4 Å². The molecule has 0 spiro atoms. The van der Waals surface area contributed by atoms with Crippen molar-refractivity contribution in [3.8, 4) is 5.75 Å². The fourth-order valence-electron chi connectivity index (χ4n) is 7.05. The Morgan fingerprint density at radius 3 is 2.71 bits per heavy atom. The maximum atomic E-state index is 13.0. The first-order valence-electron chi connectivity index (χ1n) is 15.0. The van der Waals surface area contributed by atoms with Crippen LogP contribution in [0.4, 0.5) is 0 Å². The van der Waals surface area contributed by atoms with Gasteiger partial charge in [0, 0.05) is 62.3 Å². The Labute approximate surface area is 245 Å². The molecule has 42 heavy (non-hydrogen) atoms. The van der Waals surface area contributed by atoms with E-state index in [1.165, 1.54) is 16.6 Å². The van der Waals surface area contributed by atoms with Crippen molar-refractivity contribution in [1.82, 2.24) is 20.1 Å². The molecular formula is C33H36N4O5. The van der Waals surface area contributed by atoms with E-state index in [9.17, 15) is 14.4 Å². The van der Waals surface area contributed by atoms with Gasteiger partial charge in [0.1, 0.15) is 17.9 Å². The van der Waals surface area contributed by atoms with Crippen molar-refractivity contribution < 1.29 is 23.9 Å². The third-order valence-corrected chi connectivity index (χ3v) is 9.34. The molecule has 2 aromatic carbocycles. The van der Waals surface area contributed by atoms with Gasteiger partial charge in [-0.3, -0.25) is 29.6 Å². The lowest BCUT2D eigenvalue weighted by Gasteiger charge is -2.29. The van der Waals surface area contributed by atoms with Crippen LogP contribution in [0.5, 0.6) is 5.75 Å². The summed E-state index contributed by atoms with van der Waals surface area (Å²) in [6, 6.07) is 15.9. The zero-order chi connectivity index (χ0) is 28.8. The minimum Gasteiger partial charge on any atom is -0.489 e. The first-order valence-corrected chi connectivity index (χ1v) is 15.0. The van der Waals surface area contributed by atoms with Gasteiger partial charge in [-0.2, -0.15) is 0 Å². The predicted octanol–water partition coefficient (Wildman–Crippen LogP) is 3.93. The van der Waals surface area contributed by atoms with Crippen molar-refractivity contribution in [3.05, 3.63) is 70.9 Å². The van der Waals surface area contributed by atoms with E-state index in [0.717, 1.165) is 62.1 Å². The Morgan fingerprint density at radius 1 is 0.976 bits per heavy atom. The lowest BCUT2D eigenvalue weighted by Crippen LogP contribution is -2.52. The molecule has 4 heterocycles. The molecule has 4 aliphatic rings. The lowest BCUT2D eigenvalue weighted by molar-refractivity contribution is -0.136. The summed E-state index contributed by atoms with van der Waals surface area (Å²) in [4.78, 5) is 45.8. The second-order valence-electron chi connectivity index (χ2n) is 12.1. The highest BCUT2D eigenvalue weighted by molar-refractivity contribution is 6.05. The van der Waals surface area contributed by atoms with Gasteiger partial charge in [0.25, 0.3) is 5.91 Å². The number of ether oxygens (including phenoxy) is 2. The molecule has 0 radical (unpaired) electrons. The van der Waals surface area contributed by atoms with E-state index in [1.54, 1.807) is 18.1 Å². The van der Waals surface area contributed by atoms with Gasteiger partial charge in [0.05, 0.1) is 11.6 Å². The van der Waals surface area contributed by atoms with Gasteiger partial charge in [0.2, 0.25) is 11.8 Å². The molecule has 7 rings (SSSR count). The van der Waals surface area contributed by atoms with Crippen LogP contribution < -0.4 is 10.1 Å². The van der Waals surface area contributed by atoms with E-state index in [4.69, 9.17) is 14.5 Å². The Hall–Kier alpha value is -3.82. The van der Waals surface area contributed by atoms with Gasteiger partial charge in [0.15, 0.2) is 0 Å². The number of hydrogen-bond donors (Lipinski definition) is 1. The third-order valence-electron chi connectivity index (χ3n) is 9.34. The third kappa shape index (κ3) is 5.27. The molecule has 2 unspecified atom stereocenters. The van der Waals surface area contributed by atoms with Crippen molar-refractivity contribution in [2.75, 3.05) is 20.2 Å². The Morgan fingerprint density at radius 2 is 1.88 bits per heavy atom. The molecule has 1 aliphatic carbocycles. The molecule has 1 N–H and O–H groups in total. The maximum absolute atomic E-state index is 13.0. The molecule has 3 aromatic rings. The van der Waals surface area contributed by atoms with E-state index < -0.39 is 11.9 Å². The summed E-state index contributed by atoms with van der Waals surface area (Å²) >= 11 is 0. The van der Waals surface area contributed by atoms with Crippen LogP contribution >= 0.6 is 0 Å². The monoisotopic (exact) mass is 568 g/mol. The molecule has 3 amide bonds. The highest BCUT2D eigenvalue weighted by Crippen LogP contribution is 2.36. The van der Waals surface area contributed by atoms with Crippen LogP contribution in [0.25, 0.3) is 10.9 Å². The molecule has 1 saturated carbocycles. The lowest BCUT2D eigenvalue weighted by atomic mass is 10.0. The number of nitrogens with zero attached hydrogens (tertiary/aromatic N) is 3. The van der Waals surface area contributed by atoms with Gasteiger partial charge in [-0.15, -0.1) is 0 Å². The summed E-state index contributed by atoms with van der Waals surface area (Å²) in [6.45, 7) is 2.99. The van der Waals surface area contributed by atoms with Crippen LogP contribution in [0.1, 0.15) is 71.6 Å². The van der Waals surface area contributed by atoms with Gasteiger partial charge in [-0.05, 0) is 79.6 Å². The Balaban J connectivity index is 0.954. The molecule has 9 heteroatoms. The number of benzene rings is 2. The summed E-state index contributed by atoms with van der Waals surface area (Å²) < 4.78 is 11.9. The number of likely N-dealkylation sites (tertiary alicyclic amines) is 1. The van der Waals surface area contributed by atoms with Crippen molar-refractivity contribution >= 4 is 28.6 Å². The fraction of sp³-hybridized carbons (Fsp3) is 0.455. The minimum atomic E-state index is -0.612. The average molecular weight is 569 g/mol. The van der Waals surface area contributed by atoms with Crippen LogP contribution in [0.2, 0.25) is 0 Å². The molecule has 9 nitrogen and oxygen atoms in total. The highest BCUT2D eigenvalue weighted by Gasteiger charge is 2.39. The number of imide groups is 1. The zero-order valence-electron chi connectivity index (χ0n) is 23.9. The number of hydrogen-bond acceptors (Lipinski definition) is 7. The van der Waals surface area contributed by atoms with Gasteiger partial charge in [-0.1, -0.05) is 12.1 Å². The predicted molar refractivity (Wildman–Crippen MR) is 156 cm³/mol. The molecular weight excluding hydrogens is 532 g/mol. The second kappa shape index (κ2) is 11.1. The van der Waals surface area contributed by atoms with E-state index in [-0.39, 0.29) is 24.3 Å². The van der Waals surface area contributed by atoms with Gasteiger partial charge < -0.3 is 14.4 Å². The quantitative estimate of drug-likeness (QED) is 0.431. The fourth-order valence-corrected chi connectivity index (χ4v) is 7.05. The molecule has 218 valence electrons. The van der Waals surface area contributed by atoms with Crippen LogP contribution in [-0.4, -0.2) is 71.0 Å². The molecule has 0 bridgehead atoms. The average Bonchev–Trinajstić information content (AvgIpc) is 3.72. The largest absolute Gasteiger partial charge is 0.489 e. The zero-order valence-corrected chi connectivity index (χ0v) is 23.9. The van der Waals surface area contributed by atoms with E-state index >= 15 is 0 Å². The van der Waals surface area contributed by atoms with Crippen molar-refractivity contribution in [2.45, 2.75) is 75.8 Å². The molecule has 1 aromatic heterocycles. The molecule has 3 fully saturated rings. The molecule has 2 saturated heterocycles. The summed E-state index contributed by atoms with van der Waals surface area (Å²) in [5, 5.41) is 3.52. The van der Waals surface area contributed by atoms with Gasteiger partial charge in [-0.25, -0.2) is 0 Å². The summed E-state index contributed by atoms with van der Waals surface area (Å²) in [5.41, 5.74) is 4.94. The number of carbonyl (C=O) groups excluding carboxylic acids is 3. The van der Waals surface area contributed by atoms with E-state index in [2.05, 4.69) is 40.5 Å². The number of methoxy groups -OCH3 is 1. The van der Waals surface area contributed by atoms with Crippen molar-refractivity contribution in [2.24, 2.45) is 0 Å². The number of amides is 3. The highest BCUT2D eigenvalue weighted by atomic mass is 16.5. The van der Waals surface area contributed by atoms with Crippen molar-refractivity contribution in [3.63, 3.8) is 0 Å².